The number of nitrogens with one attached hydrogen (secondary N) is 2. The molecule has 0 aliphatic heterocycles. The molecule has 1 aliphatic rings. The molecule has 1 amide bonds. The van der Waals surface area contributed by atoms with Gasteiger partial charge in [0.2, 0.25) is 0 Å². The minimum atomic E-state index is -0.159. The Kier molecular flexibility index (Phi) is 5.93. The molecule has 1 aliphatic carbocycles. The molecule has 0 atom stereocenters. The summed E-state index contributed by atoms with van der Waals surface area (Å²) in [6.45, 7) is 2.74. The average Bonchev–Trinajstić information content (AvgIpc) is 2.48. The molecule has 4 heteroatoms. The zero-order chi connectivity index (χ0) is 15.1. The molecule has 2 rings (SSSR count). The number of amides is 1. The third kappa shape index (κ3) is 5.31. The first-order chi connectivity index (χ1) is 10.1. The number of carbonyl (C=O) groups excluding carboxylic acids is 1. The zero-order valence-electron chi connectivity index (χ0n) is 12.4. The van der Waals surface area contributed by atoms with Crippen LogP contribution in [0.2, 0.25) is 0 Å². The summed E-state index contributed by atoms with van der Waals surface area (Å²) in [5.74, 6) is -0.159. The molecule has 21 heavy (non-hydrogen) atoms. The third-order valence-electron chi connectivity index (χ3n) is 3.62. The summed E-state index contributed by atoms with van der Waals surface area (Å²) in [6.07, 6.45) is 8.33. The van der Waals surface area contributed by atoms with E-state index in [2.05, 4.69) is 16.7 Å². The van der Waals surface area contributed by atoms with E-state index in [0.29, 0.717) is 10.7 Å². The summed E-state index contributed by atoms with van der Waals surface area (Å²) in [6, 6.07) is 7.48. The van der Waals surface area contributed by atoms with Gasteiger partial charge < -0.3 is 5.32 Å². The maximum Gasteiger partial charge on any atom is 0.257 e. The molecule has 0 bridgehead atoms. The maximum atomic E-state index is 12.0. The number of carbonyl (C=O) groups is 1. The number of hydrogen-bond acceptors (Lipinski definition) is 2. The molecule has 1 aromatic rings. The van der Waals surface area contributed by atoms with Crippen molar-refractivity contribution in [3.8, 4) is 0 Å². The minimum absolute atomic E-state index is 0.159. The molecular weight excluding hydrogens is 280 g/mol. The zero-order valence-corrected chi connectivity index (χ0v) is 13.3. The van der Waals surface area contributed by atoms with Crippen molar-refractivity contribution in [3.05, 3.63) is 47.0 Å². The van der Waals surface area contributed by atoms with Crippen molar-refractivity contribution >= 4 is 23.2 Å². The van der Waals surface area contributed by atoms with Crippen molar-refractivity contribution in [3.63, 3.8) is 0 Å². The molecule has 0 fully saturated rings. The van der Waals surface area contributed by atoms with Crippen LogP contribution in [0.5, 0.6) is 0 Å². The van der Waals surface area contributed by atoms with Gasteiger partial charge in [0.1, 0.15) is 0 Å². The quantitative estimate of drug-likeness (QED) is 0.661. The van der Waals surface area contributed by atoms with Crippen molar-refractivity contribution in [1.82, 2.24) is 10.6 Å². The second kappa shape index (κ2) is 7.93. The van der Waals surface area contributed by atoms with Gasteiger partial charge in [-0.25, -0.2) is 0 Å². The van der Waals surface area contributed by atoms with Crippen LogP contribution in [-0.4, -0.2) is 17.6 Å². The lowest BCUT2D eigenvalue weighted by Gasteiger charge is -2.14. The van der Waals surface area contributed by atoms with Gasteiger partial charge in [-0.3, -0.25) is 10.1 Å². The van der Waals surface area contributed by atoms with Crippen molar-refractivity contribution in [2.45, 2.75) is 39.0 Å². The van der Waals surface area contributed by atoms with Gasteiger partial charge in [0.05, 0.1) is 0 Å². The second-order valence-electron chi connectivity index (χ2n) is 5.44. The monoisotopic (exact) mass is 302 g/mol. The van der Waals surface area contributed by atoms with Gasteiger partial charge in [-0.05, 0) is 63.4 Å². The lowest BCUT2D eigenvalue weighted by atomic mass is 9.97. The average molecular weight is 302 g/mol. The number of allylic oxidation sites excluding steroid dienone is 1. The highest BCUT2D eigenvalue weighted by Crippen LogP contribution is 2.19. The predicted octanol–water partition coefficient (Wildman–Crippen LogP) is 3.49. The fourth-order valence-electron chi connectivity index (χ4n) is 2.47. The third-order valence-corrected chi connectivity index (χ3v) is 3.87. The van der Waals surface area contributed by atoms with Crippen LogP contribution in [0.4, 0.5) is 0 Å². The summed E-state index contributed by atoms with van der Waals surface area (Å²) >= 11 is 5.17. The van der Waals surface area contributed by atoms with Gasteiger partial charge in [-0.15, -0.1) is 0 Å². The number of benzene rings is 1. The SMILES string of the molecule is Cc1cccc(C(=O)NC(=S)NCCC2=CCCCC2)c1. The van der Waals surface area contributed by atoms with Gasteiger partial charge in [0, 0.05) is 12.1 Å². The molecule has 2 N–H and O–H groups in total. The number of thiocarbonyl (C=S) groups is 1. The van der Waals surface area contributed by atoms with Gasteiger partial charge in [0.25, 0.3) is 5.91 Å². The van der Waals surface area contributed by atoms with Crippen LogP contribution in [0.3, 0.4) is 0 Å². The van der Waals surface area contributed by atoms with E-state index in [1.165, 1.54) is 31.3 Å². The molecular formula is C17H22N2OS. The second-order valence-corrected chi connectivity index (χ2v) is 5.85. The Balaban J connectivity index is 1.74. The first-order valence-electron chi connectivity index (χ1n) is 7.49. The Morgan fingerprint density at radius 3 is 2.90 bits per heavy atom. The van der Waals surface area contributed by atoms with Crippen LogP contribution >= 0.6 is 12.2 Å². The fourth-order valence-corrected chi connectivity index (χ4v) is 2.67. The molecule has 0 saturated carbocycles. The Bertz CT molecular complexity index is 551. The van der Waals surface area contributed by atoms with E-state index >= 15 is 0 Å². The van der Waals surface area contributed by atoms with E-state index in [9.17, 15) is 4.79 Å². The number of rotatable bonds is 4. The Morgan fingerprint density at radius 2 is 2.19 bits per heavy atom. The highest BCUT2D eigenvalue weighted by Gasteiger charge is 2.08. The lowest BCUT2D eigenvalue weighted by Crippen LogP contribution is -2.39. The molecule has 0 aromatic heterocycles. The van der Waals surface area contributed by atoms with Crippen LogP contribution in [0.25, 0.3) is 0 Å². The molecule has 3 nitrogen and oxygen atoms in total. The van der Waals surface area contributed by atoms with E-state index in [4.69, 9.17) is 12.2 Å². The van der Waals surface area contributed by atoms with E-state index in [1.807, 2.05) is 25.1 Å². The van der Waals surface area contributed by atoms with Crippen LogP contribution < -0.4 is 10.6 Å². The summed E-state index contributed by atoms with van der Waals surface area (Å²) in [7, 11) is 0. The Hall–Kier alpha value is -1.68. The van der Waals surface area contributed by atoms with Gasteiger partial charge in [-0.1, -0.05) is 29.3 Å². The first-order valence-corrected chi connectivity index (χ1v) is 7.90. The van der Waals surface area contributed by atoms with E-state index in [0.717, 1.165) is 18.5 Å². The largest absolute Gasteiger partial charge is 0.362 e. The molecule has 0 radical (unpaired) electrons. The summed E-state index contributed by atoms with van der Waals surface area (Å²) in [5, 5.41) is 6.23. The molecule has 0 heterocycles. The summed E-state index contributed by atoms with van der Waals surface area (Å²) < 4.78 is 0. The van der Waals surface area contributed by atoms with Gasteiger partial charge >= 0.3 is 0 Å². The standard InChI is InChI=1S/C17H22N2OS/c1-13-6-5-9-15(12-13)16(20)19-17(21)18-11-10-14-7-3-2-4-8-14/h5-7,9,12H,2-4,8,10-11H2,1H3,(H2,18,19,20,21). The fraction of sp³-hybridized carbons (Fsp3) is 0.412. The van der Waals surface area contributed by atoms with Crippen molar-refractivity contribution in [2.75, 3.05) is 6.54 Å². The van der Waals surface area contributed by atoms with Crippen LogP contribution in [-0.2, 0) is 0 Å². The molecule has 0 unspecified atom stereocenters. The summed E-state index contributed by atoms with van der Waals surface area (Å²) in [5.41, 5.74) is 3.20. The molecule has 0 saturated heterocycles. The van der Waals surface area contributed by atoms with Crippen LogP contribution in [0, 0.1) is 6.92 Å². The lowest BCUT2D eigenvalue weighted by molar-refractivity contribution is 0.0976. The molecule has 112 valence electrons. The number of hydrogen-bond donors (Lipinski definition) is 2. The Morgan fingerprint density at radius 1 is 1.33 bits per heavy atom. The van der Waals surface area contributed by atoms with E-state index < -0.39 is 0 Å². The van der Waals surface area contributed by atoms with Crippen molar-refractivity contribution < 1.29 is 4.79 Å². The normalized spacial score (nSPS) is 14.2. The smallest absolute Gasteiger partial charge is 0.257 e. The highest BCUT2D eigenvalue weighted by atomic mass is 32.1. The van der Waals surface area contributed by atoms with E-state index in [-0.39, 0.29) is 5.91 Å². The van der Waals surface area contributed by atoms with Crippen LogP contribution in [0.1, 0.15) is 48.0 Å². The molecule has 0 spiro atoms. The van der Waals surface area contributed by atoms with Crippen molar-refractivity contribution in [1.29, 1.82) is 0 Å². The highest BCUT2D eigenvalue weighted by molar-refractivity contribution is 7.80. The first kappa shape index (κ1) is 15.7. The Labute approximate surface area is 131 Å². The van der Waals surface area contributed by atoms with Crippen molar-refractivity contribution in [2.24, 2.45) is 0 Å². The topological polar surface area (TPSA) is 41.1 Å². The van der Waals surface area contributed by atoms with Gasteiger partial charge in [-0.2, -0.15) is 0 Å². The number of aryl methyl sites for hydroxylation is 1. The molecule has 1 aromatic carbocycles. The predicted molar refractivity (Wildman–Crippen MR) is 90.4 cm³/mol. The maximum absolute atomic E-state index is 12.0. The summed E-state index contributed by atoms with van der Waals surface area (Å²) in [4.78, 5) is 12.0. The van der Waals surface area contributed by atoms with Gasteiger partial charge in [0.15, 0.2) is 5.11 Å². The van der Waals surface area contributed by atoms with E-state index in [1.54, 1.807) is 6.07 Å². The van der Waals surface area contributed by atoms with Crippen LogP contribution in [0.15, 0.2) is 35.9 Å². The minimum Gasteiger partial charge on any atom is -0.362 e.